The molecule has 1 N–H and O–H groups in total. The van der Waals surface area contributed by atoms with Crippen LogP contribution in [0.25, 0.3) is 0 Å². The van der Waals surface area contributed by atoms with Gasteiger partial charge in [-0.05, 0) is 38.0 Å². The van der Waals surface area contributed by atoms with Crippen LogP contribution in [0.4, 0.5) is 0 Å². The summed E-state index contributed by atoms with van der Waals surface area (Å²) in [5.41, 5.74) is -1.24. The van der Waals surface area contributed by atoms with Gasteiger partial charge in [0.1, 0.15) is 5.54 Å². The van der Waals surface area contributed by atoms with Crippen LogP contribution in [-0.4, -0.2) is 53.3 Å². The fourth-order valence-electron chi connectivity index (χ4n) is 3.53. The van der Waals surface area contributed by atoms with Crippen LogP contribution in [0.5, 0.6) is 0 Å². The molecular weight excluding hydrogens is 292 g/mol. The SMILES string of the molecule is CCCC1(C(=O)O)CCCN1S(=O)(=O)N1CCC(C)CC1. The first-order chi connectivity index (χ1) is 9.84. The largest absolute Gasteiger partial charge is 0.480 e. The molecule has 2 aliphatic heterocycles. The minimum atomic E-state index is -3.67. The minimum absolute atomic E-state index is 0.320. The lowest BCUT2D eigenvalue weighted by Crippen LogP contribution is -2.57. The lowest BCUT2D eigenvalue weighted by molar-refractivity contribution is -0.147. The lowest BCUT2D eigenvalue weighted by atomic mass is 9.92. The van der Waals surface area contributed by atoms with E-state index in [1.54, 1.807) is 0 Å². The van der Waals surface area contributed by atoms with Crippen molar-refractivity contribution >= 4 is 16.2 Å². The molecule has 0 radical (unpaired) electrons. The van der Waals surface area contributed by atoms with Crippen LogP contribution in [-0.2, 0) is 15.0 Å². The van der Waals surface area contributed by atoms with Crippen LogP contribution in [0.15, 0.2) is 0 Å². The summed E-state index contributed by atoms with van der Waals surface area (Å²) in [6.07, 6.45) is 3.78. The molecule has 2 fully saturated rings. The molecule has 0 amide bonds. The van der Waals surface area contributed by atoms with Crippen molar-refractivity contribution < 1.29 is 18.3 Å². The quantitative estimate of drug-likeness (QED) is 0.836. The Kier molecular flexibility index (Phi) is 4.95. The molecule has 0 aromatic heterocycles. The first kappa shape index (κ1) is 16.7. The van der Waals surface area contributed by atoms with Crippen molar-refractivity contribution in [1.29, 1.82) is 0 Å². The van der Waals surface area contributed by atoms with Crippen molar-refractivity contribution in [3.05, 3.63) is 0 Å². The highest BCUT2D eigenvalue weighted by Crippen LogP contribution is 2.38. The first-order valence-corrected chi connectivity index (χ1v) is 9.25. The Morgan fingerprint density at radius 3 is 2.43 bits per heavy atom. The Balaban J connectivity index is 2.27. The zero-order valence-electron chi connectivity index (χ0n) is 12.9. The molecule has 1 atom stereocenters. The predicted molar refractivity (Wildman–Crippen MR) is 80.1 cm³/mol. The van der Waals surface area contributed by atoms with Crippen LogP contribution >= 0.6 is 0 Å². The number of piperidine rings is 1. The van der Waals surface area contributed by atoms with Crippen molar-refractivity contribution in [2.45, 2.75) is 57.9 Å². The van der Waals surface area contributed by atoms with E-state index < -0.39 is 21.7 Å². The number of hydrogen-bond acceptors (Lipinski definition) is 3. The van der Waals surface area contributed by atoms with Gasteiger partial charge in [0, 0.05) is 19.6 Å². The third-order valence-corrected chi connectivity index (χ3v) is 6.94. The highest BCUT2D eigenvalue weighted by atomic mass is 32.2. The van der Waals surface area contributed by atoms with E-state index >= 15 is 0 Å². The molecule has 2 saturated heterocycles. The highest BCUT2D eigenvalue weighted by molar-refractivity contribution is 7.86. The van der Waals surface area contributed by atoms with Gasteiger partial charge in [0.25, 0.3) is 10.2 Å². The van der Waals surface area contributed by atoms with Crippen LogP contribution in [0.1, 0.15) is 52.4 Å². The van der Waals surface area contributed by atoms with Crippen molar-refractivity contribution in [1.82, 2.24) is 8.61 Å². The zero-order chi connectivity index (χ0) is 15.7. The van der Waals surface area contributed by atoms with E-state index in [-0.39, 0.29) is 0 Å². The van der Waals surface area contributed by atoms with Gasteiger partial charge in [0.05, 0.1) is 0 Å². The Morgan fingerprint density at radius 2 is 1.90 bits per heavy atom. The number of hydrogen-bond donors (Lipinski definition) is 1. The normalized spacial score (nSPS) is 29.8. The van der Waals surface area contributed by atoms with Gasteiger partial charge in [-0.1, -0.05) is 20.3 Å². The molecule has 21 heavy (non-hydrogen) atoms. The van der Waals surface area contributed by atoms with E-state index in [0.717, 1.165) is 12.8 Å². The van der Waals surface area contributed by atoms with Crippen molar-refractivity contribution in [2.24, 2.45) is 5.92 Å². The molecule has 2 rings (SSSR count). The predicted octanol–water partition coefficient (Wildman–Crippen LogP) is 1.68. The Bertz CT molecular complexity index is 485. The second-order valence-corrected chi connectivity index (χ2v) is 8.20. The fourth-order valence-corrected chi connectivity index (χ4v) is 5.54. The fraction of sp³-hybridized carbons (Fsp3) is 0.929. The Hall–Kier alpha value is -0.660. The van der Waals surface area contributed by atoms with Crippen LogP contribution in [0, 0.1) is 5.92 Å². The van der Waals surface area contributed by atoms with Gasteiger partial charge >= 0.3 is 5.97 Å². The minimum Gasteiger partial charge on any atom is -0.480 e. The lowest BCUT2D eigenvalue weighted by Gasteiger charge is -2.39. The number of nitrogens with zero attached hydrogens (tertiary/aromatic N) is 2. The number of carboxylic acids is 1. The van der Waals surface area contributed by atoms with Gasteiger partial charge in [-0.15, -0.1) is 0 Å². The second kappa shape index (κ2) is 6.22. The molecule has 0 bridgehead atoms. The zero-order valence-corrected chi connectivity index (χ0v) is 13.7. The molecule has 2 heterocycles. The Morgan fingerprint density at radius 1 is 1.29 bits per heavy atom. The number of aliphatic carboxylic acids is 1. The molecule has 0 aromatic carbocycles. The monoisotopic (exact) mass is 318 g/mol. The Labute approximate surface area is 127 Å². The van der Waals surface area contributed by atoms with Gasteiger partial charge in [-0.3, -0.25) is 4.79 Å². The van der Waals surface area contributed by atoms with E-state index in [9.17, 15) is 18.3 Å². The van der Waals surface area contributed by atoms with Gasteiger partial charge in [0.15, 0.2) is 0 Å². The number of carboxylic acid groups (broad SMARTS) is 1. The summed E-state index contributed by atoms with van der Waals surface area (Å²) in [5, 5.41) is 9.64. The molecule has 7 heteroatoms. The molecular formula is C14H26N2O4S. The third kappa shape index (κ3) is 2.96. The molecule has 0 saturated carbocycles. The van der Waals surface area contributed by atoms with E-state index in [1.807, 2.05) is 6.92 Å². The summed E-state index contributed by atoms with van der Waals surface area (Å²) in [7, 11) is -3.67. The second-order valence-electron chi connectivity index (χ2n) is 6.35. The molecule has 0 spiro atoms. The van der Waals surface area contributed by atoms with Crippen molar-refractivity contribution in [2.75, 3.05) is 19.6 Å². The maximum atomic E-state index is 12.9. The average Bonchev–Trinajstić information content (AvgIpc) is 2.85. The topological polar surface area (TPSA) is 77.9 Å². The van der Waals surface area contributed by atoms with Gasteiger partial charge < -0.3 is 5.11 Å². The van der Waals surface area contributed by atoms with Crippen molar-refractivity contribution in [3.63, 3.8) is 0 Å². The van der Waals surface area contributed by atoms with Gasteiger partial charge in [-0.25, -0.2) is 0 Å². The summed E-state index contributed by atoms with van der Waals surface area (Å²) >= 11 is 0. The van der Waals surface area contributed by atoms with Crippen LogP contribution < -0.4 is 0 Å². The summed E-state index contributed by atoms with van der Waals surface area (Å²) in [6.45, 7) is 5.35. The van der Waals surface area contributed by atoms with Crippen LogP contribution in [0.2, 0.25) is 0 Å². The van der Waals surface area contributed by atoms with E-state index in [1.165, 1.54) is 8.61 Å². The standard InChI is InChI=1S/C14H26N2O4S/c1-3-7-14(13(17)18)8-4-9-16(14)21(19,20)15-10-5-12(2)6-11-15/h12H,3-11H2,1-2H3,(H,17,18). The van der Waals surface area contributed by atoms with E-state index in [2.05, 4.69) is 6.92 Å². The summed E-state index contributed by atoms with van der Waals surface area (Å²) in [4.78, 5) is 11.8. The highest BCUT2D eigenvalue weighted by Gasteiger charge is 2.53. The maximum absolute atomic E-state index is 12.9. The summed E-state index contributed by atoms with van der Waals surface area (Å²) in [5.74, 6) is -0.467. The van der Waals surface area contributed by atoms with Crippen molar-refractivity contribution in [3.8, 4) is 0 Å². The first-order valence-electron chi connectivity index (χ1n) is 7.86. The summed E-state index contributed by atoms with van der Waals surface area (Å²) in [6, 6.07) is 0. The van der Waals surface area contributed by atoms with E-state index in [4.69, 9.17) is 0 Å². The summed E-state index contributed by atoms with van der Waals surface area (Å²) < 4.78 is 28.5. The smallest absolute Gasteiger partial charge is 0.325 e. The molecule has 0 aromatic rings. The van der Waals surface area contributed by atoms with E-state index in [0.29, 0.717) is 51.2 Å². The number of rotatable bonds is 5. The maximum Gasteiger partial charge on any atom is 0.325 e. The average molecular weight is 318 g/mol. The molecule has 6 nitrogen and oxygen atoms in total. The third-order valence-electron chi connectivity index (χ3n) is 4.84. The molecule has 0 aliphatic carbocycles. The molecule has 122 valence electrons. The number of carbonyl (C=O) groups is 1. The molecule has 1 unspecified atom stereocenters. The van der Waals surface area contributed by atoms with Gasteiger partial charge in [0.2, 0.25) is 0 Å². The molecule has 2 aliphatic rings. The van der Waals surface area contributed by atoms with Crippen LogP contribution in [0.3, 0.4) is 0 Å². The van der Waals surface area contributed by atoms with Gasteiger partial charge in [-0.2, -0.15) is 17.0 Å².